The molecule has 1 saturated heterocycles. The van der Waals surface area contributed by atoms with Crippen molar-refractivity contribution in [2.75, 3.05) is 46.3 Å². The van der Waals surface area contributed by atoms with E-state index in [9.17, 15) is 9.59 Å². The topological polar surface area (TPSA) is 77.0 Å². The van der Waals surface area contributed by atoms with Gasteiger partial charge in [-0.25, -0.2) is 0 Å². The first kappa shape index (κ1) is 23.1. The van der Waals surface area contributed by atoms with Gasteiger partial charge in [0.25, 0.3) is 0 Å². The number of imide groups is 1. The number of carbonyl (C=O) groups is 2. The van der Waals surface area contributed by atoms with Crippen LogP contribution in [0.1, 0.15) is 26.7 Å². The Morgan fingerprint density at radius 3 is 2.25 bits per heavy atom. The molecule has 4 unspecified atom stereocenters. The maximum absolute atomic E-state index is 12.7. The summed E-state index contributed by atoms with van der Waals surface area (Å²) < 4.78 is 0. The quantitative estimate of drug-likeness (QED) is 0.163. The highest BCUT2D eigenvalue weighted by Crippen LogP contribution is 2.52. The number of allylic oxidation sites excluding steroid dienone is 2. The molecule has 2 N–H and O–H groups in total. The highest BCUT2D eigenvalue weighted by atomic mass is 127. The van der Waals surface area contributed by atoms with Crippen LogP contribution in [-0.4, -0.2) is 73.9 Å². The smallest absolute Gasteiger partial charge is 0.233 e. The summed E-state index contributed by atoms with van der Waals surface area (Å²) in [5.74, 6) is 1.08. The van der Waals surface area contributed by atoms with Gasteiger partial charge in [-0.1, -0.05) is 26.0 Å². The normalized spacial score (nSPS) is 28.1. The Kier molecular flexibility index (Phi) is 8.73. The summed E-state index contributed by atoms with van der Waals surface area (Å²) in [7, 11) is 1.73. The van der Waals surface area contributed by atoms with Crippen molar-refractivity contribution in [3.05, 3.63) is 12.2 Å². The van der Waals surface area contributed by atoms with Crippen LogP contribution in [0.2, 0.25) is 0 Å². The fourth-order valence-corrected chi connectivity index (χ4v) is 4.77. The summed E-state index contributed by atoms with van der Waals surface area (Å²) in [6.45, 7) is 9.20. The Hall–Kier alpha value is -1.16. The predicted octanol–water partition coefficient (Wildman–Crippen LogP) is 1.31. The monoisotopic (exact) mass is 503 g/mol. The molecular weight excluding hydrogens is 469 g/mol. The second-order valence-electron chi connectivity index (χ2n) is 7.69. The van der Waals surface area contributed by atoms with Crippen molar-refractivity contribution in [3.8, 4) is 0 Å². The molecule has 3 aliphatic rings. The van der Waals surface area contributed by atoms with Crippen molar-refractivity contribution >= 4 is 41.8 Å². The minimum absolute atomic E-state index is 0. The van der Waals surface area contributed by atoms with E-state index in [2.05, 4.69) is 46.5 Å². The van der Waals surface area contributed by atoms with Crippen molar-refractivity contribution < 1.29 is 9.59 Å². The van der Waals surface area contributed by atoms with Crippen molar-refractivity contribution in [2.24, 2.45) is 28.7 Å². The lowest BCUT2D eigenvalue weighted by molar-refractivity contribution is -0.140. The maximum atomic E-state index is 12.7. The molecule has 1 heterocycles. The van der Waals surface area contributed by atoms with Crippen molar-refractivity contribution in [1.82, 2.24) is 20.4 Å². The summed E-state index contributed by atoms with van der Waals surface area (Å²) in [6, 6.07) is 0. The number of nitrogens with zero attached hydrogens (tertiary/aromatic N) is 3. The zero-order valence-corrected chi connectivity index (χ0v) is 19.5. The fourth-order valence-electron chi connectivity index (χ4n) is 4.77. The summed E-state index contributed by atoms with van der Waals surface area (Å²) in [4.78, 5) is 33.4. The van der Waals surface area contributed by atoms with Gasteiger partial charge in [0.15, 0.2) is 5.96 Å². The molecule has 2 fully saturated rings. The van der Waals surface area contributed by atoms with Gasteiger partial charge in [-0.15, -0.1) is 24.0 Å². The van der Waals surface area contributed by atoms with E-state index in [0.717, 1.165) is 39.0 Å². The molecule has 0 aromatic rings. The molecule has 158 valence electrons. The van der Waals surface area contributed by atoms with Crippen molar-refractivity contribution in [3.63, 3.8) is 0 Å². The molecule has 2 amide bonds. The lowest BCUT2D eigenvalue weighted by atomic mass is 9.85. The van der Waals surface area contributed by atoms with Gasteiger partial charge in [-0.2, -0.15) is 0 Å². The van der Waals surface area contributed by atoms with Gasteiger partial charge < -0.3 is 15.5 Å². The lowest BCUT2D eigenvalue weighted by Crippen LogP contribution is -2.45. The number of hydrogen-bond donors (Lipinski definition) is 2. The van der Waals surface area contributed by atoms with Gasteiger partial charge in [0, 0.05) is 33.2 Å². The van der Waals surface area contributed by atoms with Crippen LogP contribution >= 0.6 is 24.0 Å². The number of guanidine groups is 1. The molecule has 0 radical (unpaired) electrons. The molecule has 0 spiro atoms. The number of carbonyl (C=O) groups excluding carboxylic acids is 2. The largest absolute Gasteiger partial charge is 0.355 e. The Balaban J connectivity index is 0.00000280. The molecule has 3 rings (SSSR count). The third kappa shape index (κ3) is 4.69. The summed E-state index contributed by atoms with van der Waals surface area (Å²) in [5, 5.41) is 6.53. The van der Waals surface area contributed by atoms with Crippen LogP contribution in [0.5, 0.6) is 0 Å². The van der Waals surface area contributed by atoms with Gasteiger partial charge >= 0.3 is 0 Å². The molecule has 28 heavy (non-hydrogen) atoms. The second kappa shape index (κ2) is 10.6. The Bertz CT molecular complexity index is 594. The average Bonchev–Trinajstić information content (AvgIpc) is 3.35. The van der Waals surface area contributed by atoms with Crippen LogP contribution in [0.3, 0.4) is 0 Å². The highest BCUT2D eigenvalue weighted by molar-refractivity contribution is 14.0. The minimum atomic E-state index is -0.108. The summed E-state index contributed by atoms with van der Waals surface area (Å²) in [5.41, 5.74) is 0. The van der Waals surface area contributed by atoms with Gasteiger partial charge in [0.1, 0.15) is 0 Å². The van der Waals surface area contributed by atoms with E-state index >= 15 is 0 Å². The first-order valence-electron chi connectivity index (χ1n) is 10.3. The number of likely N-dealkylation sites (tertiary alicyclic amines) is 1. The van der Waals surface area contributed by atoms with Crippen molar-refractivity contribution in [2.45, 2.75) is 26.7 Å². The third-order valence-corrected chi connectivity index (χ3v) is 6.12. The minimum Gasteiger partial charge on any atom is -0.355 e. The van der Waals surface area contributed by atoms with Crippen LogP contribution in [0.4, 0.5) is 0 Å². The van der Waals surface area contributed by atoms with E-state index in [1.807, 2.05) is 0 Å². The first-order valence-corrected chi connectivity index (χ1v) is 10.3. The number of hydrogen-bond acceptors (Lipinski definition) is 4. The summed E-state index contributed by atoms with van der Waals surface area (Å²) in [6.07, 6.45) is 6.38. The molecule has 4 atom stereocenters. The molecule has 1 saturated carbocycles. The van der Waals surface area contributed by atoms with Crippen LogP contribution in [0.25, 0.3) is 0 Å². The van der Waals surface area contributed by atoms with Crippen LogP contribution < -0.4 is 10.6 Å². The van der Waals surface area contributed by atoms with E-state index in [4.69, 9.17) is 0 Å². The second-order valence-corrected chi connectivity index (χ2v) is 7.69. The zero-order chi connectivity index (χ0) is 19.4. The molecule has 0 aromatic carbocycles. The van der Waals surface area contributed by atoms with Gasteiger partial charge in [0.05, 0.1) is 11.8 Å². The number of amides is 2. The lowest BCUT2D eigenvalue weighted by Gasteiger charge is -2.21. The van der Waals surface area contributed by atoms with E-state index < -0.39 is 0 Å². The Labute approximate surface area is 185 Å². The molecular formula is C20H34IN5O2. The van der Waals surface area contributed by atoms with E-state index in [1.165, 1.54) is 4.90 Å². The van der Waals surface area contributed by atoms with Gasteiger partial charge in [-0.3, -0.25) is 19.5 Å². The number of nitrogens with one attached hydrogen (secondary N) is 2. The number of rotatable bonds is 9. The molecule has 7 nitrogen and oxygen atoms in total. The van der Waals surface area contributed by atoms with Crippen molar-refractivity contribution in [1.29, 1.82) is 0 Å². The Morgan fingerprint density at radius 2 is 1.71 bits per heavy atom. The Morgan fingerprint density at radius 1 is 1.11 bits per heavy atom. The SMILES string of the molecule is CCCN(CC)CCNC(=NC)NCCN1C(=O)C2C3C=CC(C3)C2C1=O.I. The number of likely N-dealkylation sites (N-methyl/N-ethyl adjacent to an activating group) is 1. The first-order chi connectivity index (χ1) is 13.1. The van der Waals surface area contributed by atoms with E-state index in [0.29, 0.717) is 19.0 Å². The predicted molar refractivity (Wildman–Crippen MR) is 122 cm³/mol. The maximum Gasteiger partial charge on any atom is 0.233 e. The van der Waals surface area contributed by atoms with Crippen LogP contribution in [0.15, 0.2) is 17.1 Å². The van der Waals surface area contributed by atoms with E-state index in [1.54, 1.807) is 7.05 Å². The number of halogens is 1. The standard InChI is InChI=1S/C20H33N5O2.HI/c1-4-10-24(5-2)11-8-22-20(21-3)23-9-12-25-18(26)16-14-6-7-15(13-14)17(16)19(25)27;/h6-7,14-17H,4-5,8-13H2,1-3H3,(H2,21,22,23);1H. The molecule has 8 heteroatoms. The average molecular weight is 503 g/mol. The number of fused-ring (bicyclic) bond motifs is 5. The highest BCUT2D eigenvalue weighted by Gasteiger charge is 2.58. The number of aliphatic imine (C=N–C) groups is 1. The molecule has 2 aliphatic carbocycles. The zero-order valence-electron chi connectivity index (χ0n) is 17.2. The van der Waals surface area contributed by atoms with E-state index in [-0.39, 0.29) is 59.5 Å². The summed E-state index contributed by atoms with van der Waals surface area (Å²) >= 11 is 0. The van der Waals surface area contributed by atoms with Crippen LogP contribution in [-0.2, 0) is 9.59 Å². The third-order valence-electron chi connectivity index (χ3n) is 6.12. The van der Waals surface area contributed by atoms with Crippen LogP contribution in [0, 0.1) is 23.7 Å². The fraction of sp³-hybridized carbons (Fsp3) is 0.750. The van der Waals surface area contributed by atoms with Gasteiger partial charge in [-0.05, 0) is 37.8 Å². The molecule has 2 bridgehead atoms. The molecule has 1 aliphatic heterocycles. The van der Waals surface area contributed by atoms with Gasteiger partial charge in [0.2, 0.25) is 11.8 Å². The molecule has 0 aromatic heterocycles.